The monoisotopic (exact) mass is 584 g/mol. The van der Waals surface area contributed by atoms with Gasteiger partial charge in [-0.2, -0.15) is 13.2 Å². The summed E-state index contributed by atoms with van der Waals surface area (Å²) in [7, 11) is -0.705. The maximum absolute atomic E-state index is 13.4. The van der Waals surface area contributed by atoms with Gasteiger partial charge in [0.25, 0.3) is 0 Å². The predicted molar refractivity (Wildman–Crippen MR) is 143 cm³/mol. The van der Waals surface area contributed by atoms with Crippen molar-refractivity contribution in [2.45, 2.75) is 31.0 Å². The van der Waals surface area contributed by atoms with E-state index in [2.05, 4.69) is 5.32 Å². The Hall–Kier alpha value is -3.13. The molecule has 4 rings (SSSR count). The van der Waals surface area contributed by atoms with Gasteiger partial charge >= 0.3 is 6.18 Å². The van der Waals surface area contributed by atoms with Crippen molar-refractivity contribution < 1.29 is 45.7 Å². The number of benzene rings is 2. The van der Waals surface area contributed by atoms with Gasteiger partial charge in [-0.15, -0.1) is 0 Å². The third-order valence-electron chi connectivity index (χ3n) is 6.76. The van der Waals surface area contributed by atoms with Crippen LogP contribution in [0.15, 0.2) is 42.5 Å². The van der Waals surface area contributed by atoms with E-state index in [1.54, 1.807) is 18.2 Å². The van der Waals surface area contributed by atoms with E-state index in [1.807, 2.05) is 0 Å². The summed E-state index contributed by atoms with van der Waals surface area (Å²) in [4.78, 5) is 13.3. The van der Waals surface area contributed by atoms with Gasteiger partial charge in [0.15, 0.2) is 5.60 Å². The van der Waals surface area contributed by atoms with Crippen LogP contribution in [0.5, 0.6) is 5.75 Å². The fraction of sp³-hybridized carbons (Fsp3) is 0.444. The van der Waals surface area contributed by atoms with Crippen molar-refractivity contribution in [1.29, 1.82) is 0 Å². The molecule has 0 aliphatic carbocycles. The van der Waals surface area contributed by atoms with Gasteiger partial charge < -0.3 is 24.6 Å². The number of fused-ring (bicyclic) bond motifs is 2. The summed E-state index contributed by atoms with van der Waals surface area (Å²) in [5.41, 5.74) is 0.194. The molecule has 2 heterocycles. The maximum atomic E-state index is 13.4. The molecule has 0 fully saturated rings. The van der Waals surface area contributed by atoms with Crippen molar-refractivity contribution in [2.24, 2.45) is 0 Å². The van der Waals surface area contributed by atoms with Crippen molar-refractivity contribution in [3.63, 3.8) is 0 Å². The Balaban J connectivity index is 1.70. The lowest BCUT2D eigenvalue weighted by molar-refractivity contribution is -0.138. The Labute approximate surface area is 230 Å². The molecule has 0 atom stereocenters. The molecule has 2 N–H and O–H groups in total. The highest BCUT2D eigenvalue weighted by Crippen LogP contribution is 2.44. The molecule has 0 radical (unpaired) electrons. The largest absolute Gasteiger partial charge is 0.481 e. The number of carbonyl (C=O) groups is 1. The van der Waals surface area contributed by atoms with E-state index >= 15 is 0 Å². The van der Waals surface area contributed by atoms with Gasteiger partial charge in [-0.1, -0.05) is 12.1 Å². The zero-order chi connectivity index (χ0) is 29.1. The Morgan fingerprint density at radius 3 is 2.58 bits per heavy atom. The van der Waals surface area contributed by atoms with Crippen LogP contribution in [0.3, 0.4) is 0 Å². The van der Waals surface area contributed by atoms with Crippen LogP contribution < -0.4 is 14.4 Å². The van der Waals surface area contributed by atoms with E-state index in [1.165, 1.54) is 30.7 Å². The molecule has 0 aromatic heterocycles. The first kappa shape index (κ1) is 29.8. The van der Waals surface area contributed by atoms with Gasteiger partial charge in [0.05, 0.1) is 30.2 Å². The van der Waals surface area contributed by atoms with E-state index in [-0.39, 0.29) is 57.1 Å². The number of amides is 1. The minimum atomic E-state index is -4.59. The van der Waals surface area contributed by atoms with Crippen LogP contribution >= 0.6 is 0 Å². The second-order valence-corrected chi connectivity index (χ2v) is 11.7. The average molecular weight is 585 g/mol. The van der Waals surface area contributed by atoms with Crippen molar-refractivity contribution >= 4 is 32.9 Å². The number of methoxy groups -OCH3 is 2. The summed E-state index contributed by atoms with van der Waals surface area (Å²) < 4.78 is 83.5. The number of anilines is 2. The van der Waals surface area contributed by atoms with E-state index in [0.717, 1.165) is 12.1 Å². The number of halogens is 3. The smallest absolute Gasteiger partial charge is 0.416 e. The Bertz CT molecular complexity index is 1390. The van der Waals surface area contributed by atoms with Gasteiger partial charge in [-0.3, -0.25) is 9.10 Å². The molecular weight excluding hydrogens is 553 g/mol. The van der Waals surface area contributed by atoms with Gasteiger partial charge in [-0.05, 0) is 42.7 Å². The first-order valence-electron chi connectivity index (χ1n) is 12.6. The van der Waals surface area contributed by atoms with Gasteiger partial charge in [-0.25, -0.2) is 8.42 Å². The number of sulfonamides is 1. The zero-order valence-corrected chi connectivity index (χ0v) is 22.9. The van der Waals surface area contributed by atoms with Gasteiger partial charge in [0.2, 0.25) is 15.9 Å². The normalized spacial score (nSPS) is 18.6. The molecule has 0 spiro atoms. The van der Waals surface area contributed by atoms with Crippen LogP contribution in [0.1, 0.15) is 29.5 Å². The molecule has 1 amide bonds. The summed E-state index contributed by atoms with van der Waals surface area (Å²) in [6, 6.07) is 8.03. The van der Waals surface area contributed by atoms with Crippen LogP contribution in [-0.4, -0.2) is 71.4 Å². The number of ether oxygens (including phenoxy) is 3. The molecular formula is C27H31F3N2O7S. The summed E-state index contributed by atoms with van der Waals surface area (Å²) in [5.74, 6) is -0.742. The zero-order valence-electron chi connectivity index (χ0n) is 22.1. The minimum Gasteiger partial charge on any atom is -0.481 e. The molecule has 218 valence electrons. The summed E-state index contributed by atoms with van der Waals surface area (Å²) >= 11 is 0. The Morgan fingerprint density at radius 2 is 1.93 bits per heavy atom. The molecule has 2 aromatic rings. The number of aliphatic hydroxyl groups excluding tert-OH is 1. The summed E-state index contributed by atoms with van der Waals surface area (Å²) in [6.07, 6.45) is -2.73. The van der Waals surface area contributed by atoms with Crippen molar-refractivity contribution in [2.75, 3.05) is 56.0 Å². The van der Waals surface area contributed by atoms with Gasteiger partial charge in [0.1, 0.15) is 5.75 Å². The number of alkyl halides is 3. The molecule has 40 heavy (non-hydrogen) atoms. The molecule has 0 saturated carbocycles. The molecule has 13 heteroatoms. The van der Waals surface area contributed by atoms with Gasteiger partial charge in [0, 0.05) is 56.7 Å². The highest BCUT2D eigenvalue weighted by Gasteiger charge is 2.41. The molecule has 9 nitrogen and oxygen atoms in total. The molecule has 0 bridgehead atoms. The van der Waals surface area contributed by atoms with E-state index in [0.29, 0.717) is 28.1 Å². The molecule has 2 aliphatic heterocycles. The van der Waals surface area contributed by atoms with E-state index in [4.69, 9.17) is 14.2 Å². The lowest BCUT2D eigenvalue weighted by Gasteiger charge is -2.39. The number of carbonyl (C=O) groups excluding carboxylic acids is 1. The highest BCUT2D eigenvalue weighted by molar-refractivity contribution is 7.92. The lowest BCUT2D eigenvalue weighted by Crippen LogP contribution is -2.47. The number of nitrogens with one attached hydrogen (secondary N) is 1. The van der Waals surface area contributed by atoms with Crippen LogP contribution in [0.4, 0.5) is 24.5 Å². The quantitative estimate of drug-likeness (QED) is 0.433. The number of hydrogen-bond donors (Lipinski definition) is 2. The number of aliphatic hydroxyl groups is 1. The second-order valence-electron chi connectivity index (χ2n) is 9.71. The second kappa shape index (κ2) is 11.8. The molecule has 2 aromatic carbocycles. The first-order valence-corrected chi connectivity index (χ1v) is 14.2. The summed E-state index contributed by atoms with van der Waals surface area (Å²) in [5, 5.41) is 12.0. The Morgan fingerprint density at radius 1 is 1.20 bits per heavy atom. The van der Waals surface area contributed by atoms with Crippen molar-refractivity contribution in [1.82, 2.24) is 0 Å². The number of nitrogens with zero attached hydrogens (tertiary/aromatic N) is 1. The molecule has 0 saturated heterocycles. The van der Waals surface area contributed by atoms with E-state index in [9.17, 15) is 31.5 Å². The topological polar surface area (TPSA) is 114 Å². The van der Waals surface area contributed by atoms with Crippen LogP contribution in [-0.2, 0) is 36.9 Å². The molecule has 2 aliphatic rings. The highest BCUT2D eigenvalue weighted by atomic mass is 32.2. The number of rotatable bonds is 9. The van der Waals surface area contributed by atoms with E-state index < -0.39 is 33.3 Å². The fourth-order valence-corrected chi connectivity index (χ4v) is 6.66. The summed E-state index contributed by atoms with van der Waals surface area (Å²) in [6.45, 7) is -0.0701. The minimum absolute atomic E-state index is 0.000172. The van der Waals surface area contributed by atoms with Crippen LogP contribution in [0.2, 0.25) is 0 Å². The van der Waals surface area contributed by atoms with Crippen molar-refractivity contribution in [3.8, 4) is 5.75 Å². The maximum Gasteiger partial charge on any atom is 0.416 e. The van der Waals surface area contributed by atoms with Crippen molar-refractivity contribution in [3.05, 3.63) is 59.2 Å². The third kappa shape index (κ3) is 6.27. The average Bonchev–Trinajstić information content (AvgIpc) is 2.87. The van der Waals surface area contributed by atoms with Crippen LogP contribution in [0, 0.1) is 0 Å². The SMILES string of the molecule is COCC1(COC)C/C(=C\C(=O)Nc2cccc3c2CCS(=O)(=O)N3CCCO)c2ccc(C(F)(F)F)cc2O1. The molecule has 0 unspecified atom stereocenters. The third-order valence-corrected chi connectivity index (χ3v) is 8.53. The lowest BCUT2D eigenvalue weighted by atomic mass is 9.86. The number of hydrogen-bond acceptors (Lipinski definition) is 7. The first-order chi connectivity index (χ1) is 18.9. The standard InChI is InChI=1S/C27H31F3N2O7S/c1-37-16-26(17-38-2)15-18(20-8-7-19(27(28,29)30)14-24(20)39-26)13-25(34)31-22-5-3-6-23-21(22)9-12-40(35,36)32(23)10-4-11-33/h3,5-8,13-14,33H,4,9-12,15-17H2,1-2H3,(H,31,34)/b18-13+. The predicted octanol–water partition coefficient (Wildman–Crippen LogP) is 3.62. The fourth-order valence-electron chi connectivity index (χ4n) is 5.10. The Kier molecular flexibility index (Phi) is 8.78. The van der Waals surface area contributed by atoms with Crippen LogP contribution in [0.25, 0.3) is 5.57 Å².